The van der Waals surface area contributed by atoms with Gasteiger partial charge >= 0.3 is 6.09 Å². The minimum absolute atomic E-state index is 0.200. The van der Waals surface area contributed by atoms with Crippen molar-refractivity contribution in [1.29, 1.82) is 0 Å². The molecule has 0 saturated heterocycles. The molecule has 158 valence electrons. The van der Waals surface area contributed by atoms with Gasteiger partial charge in [-0.1, -0.05) is 30.3 Å². The lowest BCUT2D eigenvalue weighted by molar-refractivity contribution is 0.0962. The van der Waals surface area contributed by atoms with E-state index in [0.29, 0.717) is 29.8 Å². The van der Waals surface area contributed by atoms with Crippen LogP contribution < -0.4 is 10.3 Å². The molecule has 0 spiro atoms. The highest BCUT2D eigenvalue weighted by Gasteiger charge is 2.25. The second-order valence-corrected chi connectivity index (χ2v) is 8.02. The van der Waals surface area contributed by atoms with Gasteiger partial charge in [0.15, 0.2) is 5.75 Å². The molecule has 2 N–H and O–H groups in total. The zero-order chi connectivity index (χ0) is 21.9. The lowest BCUT2D eigenvalue weighted by Crippen LogP contribution is -2.45. The first kappa shape index (κ1) is 21.4. The van der Waals surface area contributed by atoms with E-state index in [1.807, 2.05) is 51.1 Å². The quantitative estimate of drug-likeness (QED) is 0.565. The summed E-state index contributed by atoms with van der Waals surface area (Å²) in [6, 6.07) is 13.3. The Morgan fingerprint density at radius 3 is 2.47 bits per heavy atom. The molecule has 30 heavy (non-hydrogen) atoms. The third-order valence-electron chi connectivity index (χ3n) is 4.81. The number of aromatic nitrogens is 1. The van der Waals surface area contributed by atoms with Crippen molar-refractivity contribution in [3.05, 3.63) is 64.7 Å². The van der Waals surface area contributed by atoms with Crippen molar-refractivity contribution in [1.82, 2.24) is 9.88 Å². The lowest BCUT2D eigenvalue weighted by atomic mass is 10.1. The third-order valence-corrected chi connectivity index (χ3v) is 4.81. The molecule has 3 aromatic rings. The summed E-state index contributed by atoms with van der Waals surface area (Å²) in [5, 5.41) is 10.1. The van der Waals surface area contributed by atoms with E-state index in [1.165, 1.54) is 23.1 Å². The summed E-state index contributed by atoms with van der Waals surface area (Å²) >= 11 is 0. The van der Waals surface area contributed by atoms with Gasteiger partial charge in [0.2, 0.25) is 0 Å². The van der Waals surface area contributed by atoms with Crippen molar-refractivity contribution >= 4 is 16.9 Å². The molecule has 0 bridgehead atoms. The van der Waals surface area contributed by atoms with Gasteiger partial charge in [-0.25, -0.2) is 9.18 Å². The molecule has 0 unspecified atom stereocenters. The summed E-state index contributed by atoms with van der Waals surface area (Å²) in [6.45, 7) is 6.03. The van der Waals surface area contributed by atoms with Gasteiger partial charge in [0, 0.05) is 23.0 Å². The Labute approximate surface area is 173 Å². The monoisotopic (exact) mass is 412 g/mol. The second-order valence-electron chi connectivity index (χ2n) is 8.02. The maximum absolute atomic E-state index is 13.7. The van der Waals surface area contributed by atoms with Gasteiger partial charge in [-0.05, 0) is 45.4 Å². The highest BCUT2D eigenvalue weighted by atomic mass is 19.1. The molecule has 0 aliphatic carbocycles. The van der Waals surface area contributed by atoms with E-state index < -0.39 is 23.0 Å². The van der Waals surface area contributed by atoms with Crippen LogP contribution in [0.5, 0.6) is 5.75 Å². The van der Waals surface area contributed by atoms with Crippen molar-refractivity contribution in [3.8, 4) is 17.0 Å². The van der Waals surface area contributed by atoms with Crippen LogP contribution in [0.25, 0.3) is 22.0 Å². The normalized spacial score (nSPS) is 11.5. The second kappa shape index (κ2) is 8.57. The van der Waals surface area contributed by atoms with Crippen LogP contribution in [-0.4, -0.2) is 39.8 Å². The number of amides is 1. The fraction of sp³-hybridized carbons (Fsp3) is 0.304. The maximum atomic E-state index is 13.7. The van der Waals surface area contributed by atoms with Gasteiger partial charge in [-0.2, -0.15) is 0 Å². The van der Waals surface area contributed by atoms with Crippen LogP contribution in [0, 0.1) is 5.82 Å². The largest absolute Gasteiger partial charge is 0.491 e. The molecule has 0 aliphatic heterocycles. The van der Waals surface area contributed by atoms with Crippen LogP contribution in [0.3, 0.4) is 0 Å². The average Bonchev–Trinajstić information content (AvgIpc) is 2.68. The van der Waals surface area contributed by atoms with Crippen molar-refractivity contribution in [2.75, 3.05) is 13.2 Å². The van der Waals surface area contributed by atoms with Gasteiger partial charge in [-0.3, -0.25) is 4.79 Å². The Balaban J connectivity index is 1.93. The number of carboxylic acid groups (broad SMARTS) is 1. The van der Waals surface area contributed by atoms with E-state index in [4.69, 9.17) is 4.74 Å². The summed E-state index contributed by atoms with van der Waals surface area (Å²) in [5.41, 5.74) is 0.340. The molecule has 0 radical (unpaired) electrons. The molecule has 1 heterocycles. The number of aromatic amines is 1. The first-order chi connectivity index (χ1) is 14.2. The van der Waals surface area contributed by atoms with Gasteiger partial charge in [0.05, 0.1) is 17.7 Å². The smallest absolute Gasteiger partial charge is 0.407 e. The van der Waals surface area contributed by atoms with Crippen LogP contribution in [0.2, 0.25) is 0 Å². The minimum Gasteiger partial charge on any atom is -0.491 e. The molecule has 0 aliphatic rings. The fourth-order valence-electron chi connectivity index (χ4n) is 3.35. The number of rotatable bonds is 6. The predicted molar refractivity (Wildman–Crippen MR) is 115 cm³/mol. The molecule has 3 rings (SSSR count). The Hall–Kier alpha value is -3.35. The highest BCUT2D eigenvalue weighted by molar-refractivity contribution is 5.92. The number of benzene rings is 2. The van der Waals surface area contributed by atoms with Gasteiger partial charge in [-0.15, -0.1) is 0 Å². The summed E-state index contributed by atoms with van der Waals surface area (Å²) in [7, 11) is 0. The minimum atomic E-state index is -0.988. The van der Waals surface area contributed by atoms with Crippen LogP contribution in [-0.2, 0) is 0 Å². The number of nitrogens with zero attached hydrogens (tertiary/aromatic N) is 1. The van der Waals surface area contributed by atoms with E-state index >= 15 is 0 Å². The number of hydrogen-bond acceptors (Lipinski definition) is 3. The summed E-state index contributed by atoms with van der Waals surface area (Å²) in [6.07, 6.45) is -0.531. The van der Waals surface area contributed by atoms with Crippen molar-refractivity contribution < 1.29 is 19.0 Å². The third kappa shape index (κ3) is 4.62. The number of halogens is 1. The van der Waals surface area contributed by atoms with E-state index in [9.17, 15) is 19.1 Å². The number of H-pyrrole nitrogens is 1. The first-order valence-electron chi connectivity index (χ1n) is 9.73. The molecular weight excluding hydrogens is 387 g/mol. The predicted octanol–water partition coefficient (Wildman–Crippen LogP) is 4.88. The topological polar surface area (TPSA) is 82.6 Å². The molecule has 1 amide bonds. The number of hydrogen-bond donors (Lipinski definition) is 2. The zero-order valence-corrected chi connectivity index (χ0v) is 17.2. The number of fused-ring (bicyclic) bond motifs is 1. The number of ether oxygens (including phenoxy) is 1. The van der Waals surface area contributed by atoms with E-state index in [1.54, 1.807) is 0 Å². The van der Waals surface area contributed by atoms with E-state index in [2.05, 4.69) is 4.98 Å². The Bertz CT molecular complexity index is 1100. The van der Waals surface area contributed by atoms with Crippen LogP contribution in [0.1, 0.15) is 27.2 Å². The molecule has 2 aromatic carbocycles. The van der Waals surface area contributed by atoms with Crippen LogP contribution in [0.4, 0.5) is 9.18 Å². The van der Waals surface area contributed by atoms with Crippen molar-refractivity contribution in [3.63, 3.8) is 0 Å². The van der Waals surface area contributed by atoms with Gasteiger partial charge in [0.25, 0.3) is 5.56 Å². The molecule has 1 aromatic heterocycles. The highest BCUT2D eigenvalue weighted by Crippen LogP contribution is 2.33. The molecule has 6 nitrogen and oxygen atoms in total. The Kier molecular flexibility index (Phi) is 6.10. The summed E-state index contributed by atoms with van der Waals surface area (Å²) in [5.74, 6) is -0.0675. The van der Waals surface area contributed by atoms with Gasteiger partial charge < -0.3 is 19.7 Å². The van der Waals surface area contributed by atoms with Crippen LogP contribution in [0.15, 0.2) is 53.3 Å². The molecular formula is C23H25FN2O4. The Morgan fingerprint density at radius 1 is 1.13 bits per heavy atom. The van der Waals surface area contributed by atoms with Crippen molar-refractivity contribution in [2.24, 2.45) is 0 Å². The SMILES string of the molecule is CC(C)(C)N(CCCOc1c(-c2ccccc2)[nH]c(=O)c2cc(F)ccc12)C(=O)O. The van der Waals surface area contributed by atoms with Crippen molar-refractivity contribution in [2.45, 2.75) is 32.7 Å². The molecule has 0 atom stereocenters. The van der Waals surface area contributed by atoms with Gasteiger partial charge in [0.1, 0.15) is 5.82 Å². The molecule has 7 heteroatoms. The van der Waals surface area contributed by atoms with E-state index in [-0.39, 0.29) is 12.0 Å². The zero-order valence-electron chi connectivity index (χ0n) is 17.2. The number of pyridine rings is 1. The molecule has 0 fully saturated rings. The van der Waals surface area contributed by atoms with E-state index in [0.717, 1.165) is 5.56 Å². The summed E-state index contributed by atoms with van der Waals surface area (Å²) < 4.78 is 19.7. The standard InChI is InChI=1S/C23H25FN2O4/c1-23(2,3)26(22(28)29)12-7-13-30-20-17-11-10-16(24)14-18(17)21(27)25-19(20)15-8-5-4-6-9-15/h4-6,8-11,14H,7,12-13H2,1-3H3,(H,25,27)(H,28,29). The fourth-order valence-corrected chi connectivity index (χ4v) is 3.35. The molecule has 0 saturated carbocycles. The number of carbonyl (C=O) groups is 1. The number of nitrogens with one attached hydrogen (secondary N) is 1. The Morgan fingerprint density at radius 2 is 1.83 bits per heavy atom. The average molecular weight is 412 g/mol. The van der Waals surface area contributed by atoms with Crippen LogP contribution >= 0.6 is 0 Å². The lowest BCUT2D eigenvalue weighted by Gasteiger charge is -2.33. The summed E-state index contributed by atoms with van der Waals surface area (Å²) in [4.78, 5) is 28.2. The maximum Gasteiger partial charge on any atom is 0.407 e. The first-order valence-corrected chi connectivity index (χ1v) is 9.73.